The van der Waals surface area contributed by atoms with E-state index >= 15 is 0 Å². The summed E-state index contributed by atoms with van der Waals surface area (Å²) in [7, 11) is 3.36. The number of anilines is 1. The molecule has 0 aliphatic heterocycles. The third kappa shape index (κ3) is 5.98. The lowest BCUT2D eigenvalue weighted by Gasteiger charge is -2.30. The SMILES string of the molecule is CCC(c1ccc(OC)cc1)C(NC(=S)Nc1ccc(C)cc1)c1ccc(OC)cc1. The van der Waals surface area contributed by atoms with Gasteiger partial charge in [-0.1, -0.05) is 48.9 Å². The zero-order chi connectivity index (χ0) is 22.2. The van der Waals surface area contributed by atoms with Crippen molar-refractivity contribution in [2.45, 2.75) is 32.2 Å². The summed E-state index contributed by atoms with van der Waals surface area (Å²) >= 11 is 5.68. The second-order valence-electron chi connectivity index (χ2n) is 7.50. The molecular weight excluding hydrogens is 404 g/mol. The Labute approximate surface area is 190 Å². The van der Waals surface area contributed by atoms with Crippen LogP contribution < -0.4 is 20.1 Å². The first-order valence-corrected chi connectivity index (χ1v) is 10.9. The van der Waals surface area contributed by atoms with Crippen molar-refractivity contribution in [3.63, 3.8) is 0 Å². The van der Waals surface area contributed by atoms with Gasteiger partial charge < -0.3 is 20.1 Å². The molecule has 0 saturated carbocycles. The fourth-order valence-corrected chi connectivity index (χ4v) is 3.93. The number of methoxy groups -OCH3 is 2. The molecule has 4 nitrogen and oxygen atoms in total. The molecule has 3 rings (SSSR count). The maximum atomic E-state index is 5.68. The number of hydrogen-bond acceptors (Lipinski definition) is 3. The topological polar surface area (TPSA) is 42.5 Å². The van der Waals surface area contributed by atoms with Crippen LogP contribution in [0.4, 0.5) is 5.69 Å². The van der Waals surface area contributed by atoms with E-state index in [1.165, 1.54) is 11.1 Å². The molecule has 31 heavy (non-hydrogen) atoms. The summed E-state index contributed by atoms with van der Waals surface area (Å²) in [6, 6.07) is 24.6. The summed E-state index contributed by atoms with van der Waals surface area (Å²) in [4.78, 5) is 0. The zero-order valence-electron chi connectivity index (χ0n) is 18.5. The monoisotopic (exact) mass is 434 g/mol. The van der Waals surface area contributed by atoms with Crippen LogP contribution in [0.1, 0.15) is 42.0 Å². The van der Waals surface area contributed by atoms with Gasteiger partial charge in [0.15, 0.2) is 5.11 Å². The maximum absolute atomic E-state index is 5.68. The molecule has 2 unspecified atom stereocenters. The largest absolute Gasteiger partial charge is 0.497 e. The van der Waals surface area contributed by atoms with Gasteiger partial charge in [-0.3, -0.25) is 0 Å². The van der Waals surface area contributed by atoms with E-state index in [-0.39, 0.29) is 12.0 Å². The predicted octanol–water partition coefficient (Wildman–Crippen LogP) is 6.23. The van der Waals surface area contributed by atoms with E-state index in [0.717, 1.165) is 29.2 Å². The van der Waals surface area contributed by atoms with E-state index in [9.17, 15) is 0 Å². The number of thiocarbonyl (C=S) groups is 1. The van der Waals surface area contributed by atoms with Gasteiger partial charge in [0.1, 0.15) is 11.5 Å². The van der Waals surface area contributed by atoms with Gasteiger partial charge in [0.05, 0.1) is 20.3 Å². The molecule has 2 N–H and O–H groups in total. The average molecular weight is 435 g/mol. The lowest BCUT2D eigenvalue weighted by atomic mass is 9.85. The van der Waals surface area contributed by atoms with Gasteiger partial charge >= 0.3 is 0 Å². The van der Waals surface area contributed by atoms with E-state index in [1.54, 1.807) is 14.2 Å². The molecule has 0 aliphatic rings. The van der Waals surface area contributed by atoms with Crippen molar-refractivity contribution in [2.75, 3.05) is 19.5 Å². The molecule has 0 spiro atoms. The van der Waals surface area contributed by atoms with E-state index in [4.69, 9.17) is 21.7 Å². The van der Waals surface area contributed by atoms with Crippen LogP contribution in [0.2, 0.25) is 0 Å². The van der Waals surface area contributed by atoms with Crippen molar-refractivity contribution in [2.24, 2.45) is 0 Å². The number of nitrogens with one attached hydrogen (secondary N) is 2. The summed E-state index contributed by atoms with van der Waals surface area (Å²) in [5.41, 5.74) is 4.56. The molecule has 0 fully saturated rings. The summed E-state index contributed by atoms with van der Waals surface area (Å²) in [6.45, 7) is 4.27. The van der Waals surface area contributed by atoms with Crippen molar-refractivity contribution >= 4 is 23.0 Å². The molecule has 0 aromatic heterocycles. The van der Waals surface area contributed by atoms with Crippen molar-refractivity contribution in [1.29, 1.82) is 0 Å². The van der Waals surface area contributed by atoms with Crippen LogP contribution in [0.5, 0.6) is 11.5 Å². The van der Waals surface area contributed by atoms with Crippen LogP contribution in [-0.2, 0) is 0 Å². The summed E-state index contributed by atoms with van der Waals surface area (Å²) < 4.78 is 10.7. The van der Waals surface area contributed by atoms with Crippen LogP contribution in [0.3, 0.4) is 0 Å². The van der Waals surface area contributed by atoms with Gasteiger partial charge in [-0.05, 0) is 73.1 Å². The van der Waals surface area contributed by atoms with Crippen molar-refractivity contribution in [3.8, 4) is 11.5 Å². The maximum Gasteiger partial charge on any atom is 0.171 e. The molecule has 162 valence electrons. The first kappa shape index (κ1) is 22.6. The molecule has 2 atom stereocenters. The van der Waals surface area contributed by atoms with Gasteiger partial charge in [0.2, 0.25) is 0 Å². The van der Waals surface area contributed by atoms with Crippen LogP contribution in [-0.4, -0.2) is 19.3 Å². The number of ether oxygens (including phenoxy) is 2. The molecule has 5 heteroatoms. The van der Waals surface area contributed by atoms with Crippen LogP contribution in [0, 0.1) is 6.92 Å². The Hall–Kier alpha value is -3.05. The Morgan fingerprint density at radius 3 is 1.81 bits per heavy atom. The Morgan fingerprint density at radius 2 is 1.32 bits per heavy atom. The van der Waals surface area contributed by atoms with Crippen molar-refractivity contribution < 1.29 is 9.47 Å². The second-order valence-corrected chi connectivity index (χ2v) is 7.91. The third-order valence-corrected chi connectivity index (χ3v) is 5.68. The highest BCUT2D eigenvalue weighted by Gasteiger charge is 2.24. The van der Waals surface area contributed by atoms with Crippen LogP contribution >= 0.6 is 12.2 Å². The van der Waals surface area contributed by atoms with E-state index in [0.29, 0.717) is 5.11 Å². The van der Waals surface area contributed by atoms with Gasteiger partial charge in [0, 0.05) is 11.6 Å². The fraction of sp³-hybridized carbons (Fsp3) is 0.269. The number of benzene rings is 3. The first-order valence-electron chi connectivity index (χ1n) is 10.5. The zero-order valence-corrected chi connectivity index (χ0v) is 19.3. The standard InChI is InChI=1S/C26H30N2O2S/c1-5-24(19-8-14-22(29-3)15-9-19)25(20-10-16-23(30-4)17-11-20)28-26(31)27-21-12-6-18(2)7-13-21/h6-17,24-25H,5H2,1-4H3,(H2,27,28,31). The minimum Gasteiger partial charge on any atom is -0.497 e. The highest BCUT2D eigenvalue weighted by Crippen LogP contribution is 2.35. The Morgan fingerprint density at radius 1 is 0.806 bits per heavy atom. The minimum absolute atomic E-state index is 0.00486. The van der Waals surface area contributed by atoms with E-state index in [1.807, 2.05) is 36.4 Å². The number of aryl methyl sites for hydroxylation is 1. The fourth-order valence-electron chi connectivity index (χ4n) is 3.69. The molecule has 0 bridgehead atoms. The third-order valence-electron chi connectivity index (χ3n) is 5.46. The lowest BCUT2D eigenvalue weighted by Crippen LogP contribution is -2.35. The highest BCUT2D eigenvalue weighted by atomic mass is 32.1. The normalized spacial score (nSPS) is 12.5. The molecule has 3 aromatic rings. The summed E-state index contributed by atoms with van der Waals surface area (Å²) in [5.74, 6) is 1.90. The number of rotatable bonds is 8. The van der Waals surface area contributed by atoms with Crippen molar-refractivity contribution in [3.05, 3.63) is 89.5 Å². The van der Waals surface area contributed by atoms with Crippen LogP contribution in [0.15, 0.2) is 72.8 Å². The Kier molecular flexibility index (Phi) is 7.90. The van der Waals surface area contributed by atoms with E-state index < -0.39 is 0 Å². The van der Waals surface area contributed by atoms with Gasteiger partial charge in [-0.25, -0.2) is 0 Å². The van der Waals surface area contributed by atoms with Crippen molar-refractivity contribution in [1.82, 2.24) is 5.32 Å². The first-order chi connectivity index (χ1) is 15.0. The quantitative estimate of drug-likeness (QED) is 0.411. The second kappa shape index (κ2) is 10.8. The molecule has 0 saturated heterocycles. The predicted molar refractivity (Wildman–Crippen MR) is 132 cm³/mol. The molecule has 0 heterocycles. The number of hydrogen-bond donors (Lipinski definition) is 2. The average Bonchev–Trinajstić information content (AvgIpc) is 2.81. The van der Waals surface area contributed by atoms with Gasteiger partial charge in [0.25, 0.3) is 0 Å². The molecule has 0 amide bonds. The molecule has 0 radical (unpaired) electrons. The van der Waals surface area contributed by atoms with Gasteiger partial charge in [-0.2, -0.15) is 0 Å². The summed E-state index contributed by atoms with van der Waals surface area (Å²) in [5, 5.41) is 7.47. The molecule has 3 aromatic carbocycles. The summed E-state index contributed by atoms with van der Waals surface area (Å²) in [6.07, 6.45) is 0.948. The smallest absolute Gasteiger partial charge is 0.171 e. The van der Waals surface area contributed by atoms with Gasteiger partial charge in [-0.15, -0.1) is 0 Å². The Bertz CT molecular complexity index is 970. The van der Waals surface area contributed by atoms with E-state index in [2.05, 4.69) is 60.9 Å². The molecule has 0 aliphatic carbocycles. The Balaban J connectivity index is 1.88. The molecular formula is C26H30N2O2S. The van der Waals surface area contributed by atoms with Crippen LogP contribution in [0.25, 0.3) is 0 Å². The minimum atomic E-state index is -0.00486. The highest BCUT2D eigenvalue weighted by molar-refractivity contribution is 7.80. The lowest BCUT2D eigenvalue weighted by molar-refractivity contribution is 0.413.